The molecule has 0 aromatic rings. The molecular weight excluding hydrogens is 186 g/mol. The Morgan fingerprint density at radius 1 is 1.27 bits per heavy atom. The van der Waals surface area contributed by atoms with Gasteiger partial charge in [-0.3, -0.25) is 0 Å². The monoisotopic (exact) mass is 213 g/mol. The van der Waals surface area contributed by atoms with Crippen LogP contribution in [0.3, 0.4) is 0 Å². The van der Waals surface area contributed by atoms with Crippen LogP contribution in [-0.2, 0) is 0 Å². The largest absolute Gasteiger partial charge is 0.392 e. The van der Waals surface area contributed by atoms with Gasteiger partial charge in [0.15, 0.2) is 0 Å². The third-order valence-electron chi connectivity index (χ3n) is 3.29. The fraction of sp³-hybridized carbons (Fsp3) is 1.00. The third-order valence-corrected chi connectivity index (χ3v) is 3.29. The molecule has 3 unspecified atom stereocenters. The van der Waals surface area contributed by atoms with Crippen LogP contribution >= 0.6 is 0 Å². The molecule has 2 nitrogen and oxygen atoms in total. The Morgan fingerprint density at radius 3 is 2.60 bits per heavy atom. The van der Waals surface area contributed by atoms with Crippen molar-refractivity contribution in [2.24, 2.45) is 11.8 Å². The number of aliphatic hydroxyl groups excluding tert-OH is 1. The Balaban J connectivity index is 2.23. The quantitative estimate of drug-likeness (QED) is 0.735. The first kappa shape index (κ1) is 13.0. The molecule has 0 radical (unpaired) electrons. The Labute approximate surface area is 94.5 Å². The highest BCUT2D eigenvalue weighted by Gasteiger charge is 2.22. The molecule has 0 bridgehead atoms. The Bertz CT molecular complexity index is 168. The molecular formula is C13H27NO. The molecule has 1 fully saturated rings. The highest BCUT2D eigenvalue weighted by Crippen LogP contribution is 2.29. The van der Waals surface area contributed by atoms with Crippen LogP contribution in [0.1, 0.15) is 52.9 Å². The summed E-state index contributed by atoms with van der Waals surface area (Å²) in [6.45, 7) is 7.22. The predicted octanol–water partition coefficient (Wildman–Crippen LogP) is 2.56. The summed E-state index contributed by atoms with van der Waals surface area (Å²) in [6.07, 6.45) is 6.52. The summed E-state index contributed by atoms with van der Waals surface area (Å²) < 4.78 is 0. The smallest absolute Gasteiger partial charge is 0.0636 e. The van der Waals surface area contributed by atoms with Crippen molar-refractivity contribution in [2.75, 3.05) is 6.54 Å². The fourth-order valence-electron chi connectivity index (χ4n) is 2.69. The van der Waals surface area contributed by atoms with Gasteiger partial charge in [-0.2, -0.15) is 0 Å². The first-order valence-electron chi connectivity index (χ1n) is 6.49. The van der Waals surface area contributed by atoms with Gasteiger partial charge in [0, 0.05) is 12.6 Å². The third kappa shape index (κ3) is 5.53. The van der Waals surface area contributed by atoms with Crippen molar-refractivity contribution in [1.29, 1.82) is 0 Å². The summed E-state index contributed by atoms with van der Waals surface area (Å²) in [5.41, 5.74) is 0. The molecule has 0 aromatic carbocycles. The van der Waals surface area contributed by atoms with Crippen molar-refractivity contribution in [1.82, 2.24) is 5.32 Å². The second kappa shape index (κ2) is 6.49. The zero-order valence-electron chi connectivity index (χ0n) is 10.5. The van der Waals surface area contributed by atoms with Crippen LogP contribution in [0, 0.1) is 11.8 Å². The lowest BCUT2D eigenvalue weighted by atomic mass is 9.81. The summed E-state index contributed by atoms with van der Waals surface area (Å²) >= 11 is 0. The minimum absolute atomic E-state index is 0.213. The van der Waals surface area contributed by atoms with Gasteiger partial charge >= 0.3 is 0 Å². The van der Waals surface area contributed by atoms with Gasteiger partial charge in [-0.15, -0.1) is 0 Å². The predicted molar refractivity (Wildman–Crippen MR) is 64.9 cm³/mol. The summed E-state index contributed by atoms with van der Waals surface area (Å²) in [5, 5.41) is 12.7. The van der Waals surface area contributed by atoms with E-state index in [9.17, 15) is 5.11 Å². The fourth-order valence-corrected chi connectivity index (χ4v) is 2.69. The number of rotatable bonds is 5. The molecule has 0 saturated heterocycles. The van der Waals surface area contributed by atoms with Crippen molar-refractivity contribution in [3.63, 3.8) is 0 Å². The molecule has 0 heterocycles. The number of nitrogens with one attached hydrogen (secondary N) is 1. The van der Waals surface area contributed by atoms with E-state index in [-0.39, 0.29) is 6.10 Å². The van der Waals surface area contributed by atoms with Gasteiger partial charge in [0.05, 0.1) is 6.10 Å². The van der Waals surface area contributed by atoms with E-state index in [2.05, 4.69) is 19.2 Å². The minimum atomic E-state index is -0.213. The molecule has 0 spiro atoms. The molecule has 0 aliphatic heterocycles. The first-order chi connectivity index (χ1) is 7.08. The lowest BCUT2D eigenvalue weighted by Gasteiger charge is -2.31. The molecule has 3 atom stereocenters. The Morgan fingerprint density at radius 2 is 2.00 bits per heavy atom. The van der Waals surface area contributed by atoms with Gasteiger partial charge < -0.3 is 10.4 Å². The minimum Gasteiger partial charge on any atom is -0.392 e. The van der Waals surface area contributed by atoms with Crippen molar-refractivity contribution >= 4 is 0 Å². The average Bonchev–Trinajstić information content (AvgIpc) is 2.14. The molecule has 1 aliphatic carbocycles. The lowest BCUT2D eigenvalue weighted by Crippen LogP contribution is -2.38. The molecule has 0 aromatic heterocycles. The van der Waals surface area contributed by atoms with Gasteiger partial charge in [-0.25, -0.2) is 0 Å². The second-order valence-corrected chi connectivity index (χ2v) is 5.62. The molecule has 1 saturated carbocycles. The molecule has 1 rings (SSSR count). The van der Waals surface area contributed by atoms with E-state index in [1.165, 1.54) is 32.1 Å². The molecule has 0 amide bonds. The zero-order valence-corrected chi connectivity index (χ0v) is 10.5. The number of hydrogen-bond acceptors (Lipinski definition) is 2. The molecule has 15 heavy (non-hydrogen) atoms. The van der Waals surface area contributed by atoms with Crippen molar-refractivity contribution < 1.29 is 5.11 Å². The second-order valence-electron chi connectivity index (χ2n) is 5.62. The Kier molecular flexibility index (Phi) is 5.62. The van der Waals surface area contributed by atoms with Crippen molar-refractivity contribution in [3.8, 4) is 0 Å². The lowest BCUT2D eigenvalue weighted by molar-refractivity contribution is 0.172. The van der Waals surface area contributed by atoms with E-state index in [1.54, 1.807) is 0 Å². The standard InChI is InChI=1S/C13H27NO/c1-10(2)7-12-5-4-6-13(8-12)14-9-11(3)15/h10-15H,4-9H2,1-3H3. The average molecular weight is 213 g/mol. The highest BCUT2D eigenvalue weighted by atomic mass is 16.3. The normalized spacial score (nSPS) is 29.4. The highest BCUT2D eigenvalue weighted by molar-refractivity contribution is 4.79. The van der Waals surface area contributed by atoms with E-state index in [4.69, 9.17) is 0 Å². The SMILES string of the molecule is CC(C)CC1CCCC(NCC(C)O)C1. The molecule has 2 N–H and O–H groups in total. The van der Waals surface area contributed by atoms with Gasteiger partial charge in [0.25, 0.3) is 0 Å². The summed E-state index contributed by atoms with van der Waals surface area (Å²) in [4.78, 5) is 0. The van der Waals surface area contributed by atoms with Crippen LogP contribution in [0.5, 0.6) is 0 Å². The van der Waals surface area contributed by atoms with Gasteiger partial charge in [-0.1, -0.05) is 26.7 Å². The Hall–Kier alpha value is -0.0800. The van der Waals surface area contributed by atoms with E-state index in [1.807, 2.05) is 6.92 Å². The number of aliphatic hydroxyl groups is 1. The van der Waals surface area contributed by atoms with E-state index in [0.29, 0.717) is 6.04 Å². The van der Waals surface area contributed by atoms with Crippen LogP contribution in [0.4, 0.5) is 0 Å². The van der Waals surface area contributed by atoms with Gasteiger partial charge in [-0.05, 0) is 38.0 Å². The van der Waals surface area contributed by atoms with Crippen LogP contribution in [-0.4, -0.2) is 23.8 Å². The van der Waals surface area contributed by atoms with E-state index >= 15 is 0 Å². The van der Waals surface area contributed by atoms with Crippen LogP contribution in [0.15, 0.2) is 0 Å². The molecule has 2 heteroatoms. The van der Waals surface area contributed by atoms with Crippen molar-refractivity contribution in [3.05, 3.63) is 0 Å². The molecule has 1 aliphatic rings. The van der Waals surface area contributed by atoms with E-state index < -0.39 is 0 Å². The zero-order chi connectivity index (χ0) is 11.3. The maximum absolute atomic E-state index is 9.23. The maximum atomic E-state index is 9.23. The van der Waals surface area contributed by atoms with Gasteiger partial charge in [0.2, 0.25) is 0 Å². The summed E-state index contributed by atoms with van der Waals surface area (Å²) in [6, 6.07) is 0.650. The van der Waals surface area contributed by atoms with Crippen LogP contribution < -0.4 is 5.32 Å². The molecule has 90 valence electrons. The first-order valence-corrected chi connectivity index (χ1v) is 6.49. The number of hydrogen-bond donors (Lipinski definition) is 2. The van der Waals surface area contributed by atoms with E-state index in [0.717, 1.165) is 18.4 Å². The summed E-state index contributed by atoms with van der Waals surface area (Å²) in [7, 11) is 0. The van der Waals surface area contributed by atoms with Crippen LogP contribution in [0.2, 0.25) is 0 Å². The van der Waals surface area contributed by atoms with Crippen LogP contribution in [0.25, 0.3) is 0 Å². The topological polar surface area (TPSA) is 32.3 Å². The maximum Gasteiger partial charge on any atom is 0.0636 e. The summed E-state index contributed by atoms with van der Waals surface area (Å²) in [5.74, 6) is 1.73. The van der Waals surface area contributed by atoms with Crippen molar-refractivity contribution in [2.45, 2.75) is 65.0 Å². The van der Waals surface area contributed by atoms with Gasteiger partial charge in [0.1, 0.15) is 0 Å².